The molecule has 2 atom stereocenters. The van der Waals surface area contributed by atoms with Gasteiger partial charge in [-0.25, -0.2) is 4.79 Å². The van der Waals surface area contributed by atoms with Crippen LogP contribution in [0.25, 0.3) is 0 Å². The lowest BCUT2D eigenvalue weighted by atomic mass is 9.94. The van der Waals surface area contributed by atoms with Crippen molar-refractivity contribution in [3.63, 3.8) is 0 Å². The average Bonchev–Trinajstić information content (AvgIpc) is 2.66. The second kappa shape index (κ2) is 11.2. The van der Waals surface area contributed by atoms with E-state index in [1.807, 2.05) is 41.5 Å². The highest BCUT2D eigenvalue weighted by Crippen LogP contribution is 2.31. The first kappa shape index (κ1) is 29.4. The quantitative estimate of drug-likeness (QED) is 0.415. The smallest absolute Gasteiger partial charge is 0.408 e. The molecule has 8 heteroatoms. The highest BCUT2D eigenvalue weighted by Gasteiger charge is 2.42. The highest BCUT2D eigenvalue weighted by molar-refractivity contribution is 7.80. The number of hydrogen-bond acceptors (Lipinski definition) is 5. The van der Waals surface area contributed by atoms with Gasteiger partial charge < -0.3 is 20.3 Å². The zero-order valence-electron chi connectivity index (χ0n) is 21.8. The number of nitrogens with zero attached hydrogens (tertiary/aromatic N) is 1. The molecule has 0 aliphatic heterocycles. The molecule has 0 heterocycles. The van der Waals surface area contributed by atoms with Crippen molar-refractivity contribution in [1.82, 2.24) is 15.5 Å². The monoisotopic (exact) mass is 489 g/mol. The van der Waals surface area contributed by atoms with E-state index in [-0.39, 0.29) is 11.7 Å². The minimum absolute atomic E-state index is 0.0221. The van der Waals surface area contributed by atoms with Crippen LogP contribution in [-0.2, 0) is 14.3 Å². The summed E-state index contributed by atoms with van der Waals surface area (Å²) in [4.78, 5) is 41.3. The summed E-state index contributed by atoms with van der Waals surface area (Å²) in [5.74, 6) is 1.78. The fourth-order valence-electron chi connectivity index (χ4n) is 3.27. The fraction of sp³-hybridized carbons (Fsp3) is 0.577. The van der Waals surface area contributed by atoms with Crippen molar-refractivity contribution in [1.29, 1.82) is 0 Å². The molecule has 1 aromatic carbocycles. The number of benzene rings is 1. The van der Waals surface area contributed by atoms with Crippen molar-refractivity contribution in [3.8, 4) is 12.3 Å². The van der Waals surface area contributed by atoms with E-state index in [1.165, 1.54) is 4.90 Å². The largest absolute Gasteiger partial charge is 0.444 e. The molecular formula is C26H39N3O4S. The summed E-state index contributed by atoms with van der Waals surface area (Å²) < 4.78 is 5.32. The molecule has 0 fully saturated rings. The van der Waals surface area contributed by atoms with E-state index < -0.39 is 40.8 Å². The van der Waals surface area contributed by atoms with Crippen LogP contribution in [0.15, 0.2) is 24.3 Å². The number of terminal acetylenes is 1. The van der Waals surface area contributed by atoms with E-state index in [4.69, 9.17) is 11.2 Å². The van der Waals surface area contributed by atoms with Gasteiger partial charge in [0, 0.05) is 22.4 Å². The summed E-state index contributed by atoms with van der Waals surface area (Å²) in [6.07, 6.45) is 4.76. The fourth-order valence-corrected chi connectivity index (χ4v) is 3.51. The van der Waals surface area contributed by atoms with Gasteiger partial charge in [-0.05, 0) is 80.0 Å². The topological polar surface area (TPSA) is 87.7 Å². The van der Waals surface area contributed by atoms with Gasteiger partial charge in [0.05, 0.1) is 0 Å². The van der Waals surface area contributed by atoms with E-state index in [2.05, 4.69) is 29.2 Å². The van der Waals surface area contributed by atoms with Crippen LogP contribution in [-0.4, -0.2) is 51.3 Å². The molecule has 0 bridgehead atoms. The first-order valence-corrected chi connectivity index (χ1v) is 11.8. The Morgan fingerprint density at radius 3 is 1.94 bits per heavy atom. The van der Waals surface area contributed by atoms with Crippen molar-refractivity contribution in [3.05, 3.63) is 35.4 Å². The van der Waals surface area contributed by atoms with Crippen LogP contribution >= 0.6 is 12.6 Å². The molecule has 0 saturated heterocycles. The lowest BCUT2D eigenvalue weighted by Crippen LogP contribution is -2.60. The Balaban J connectivity index is 3.52. The molecule has 34 heavy (non-hydrogen) atoms. The van der Waals surface area contributed by atoms with Crippen LogP contribution in [0.4, 0.5) is 4.79 Å². The van der Waals surface area contributed by atoms with Crippen molar-refractivity contribution >= 4 is 30.5 Å². The van der Waals surface area contributed by atoms with E-state index >= 15 is 0 Å². The molecule has 2 unspecified atom stereocenters. The number of alkyl carbamates (subject to hydrolysis) is 1. The summed E-state index contributed by atoms with van der Waals surface area (Å²) in [6.45, 7) is 16.3. The molecular weight excluding hydrogens is 450 g/mol. The van der Waals surface area contributed by atoms with Crippen LogP contribution in [0.2, 0.25) is 0 Å². The van der Waals surface area contributed by atoms with E-state index in [0.717, 1.165) is 0 Å². The Morgan fingerprint density at radius 1 is 1.03 bits per heavy atom. The van der Waals surface area contributed by atoms with Gasteiger partial charge >= 0.3 is 6.09 Å². The lowest BCUT2D eigenvalue weighted by molar-refractivity contribution is -0.148. The zero-order chi connectivity index (χ0) is 26.5. The van der Waals surface area contributed by atoms with Crippen LogP contribution < -0.4 is 10.6 Å². The number of carbonyl (C=O) groups excluding carboxylic acids is 3. The predicted octanol–water partition coefficient (Wildman–Crippen LogP) is 4.07. The number of amides is 3. The molecule has 1 rings (SSSR count). The molecule has 0 aromatic heterocycles. The van der Waals surface area contributed by atoms with Crippen LogP contribution in [0, 0.1) is 12.3 Å². The minimum atomic E-state index is -1.01. The molecule has 7 nitrogen and oxygen atoms in total. The number of thiol groups is 1. The number of rotatable bonds is 6. The Morgan fingerprint density at radius 2 is 1.56 bits per heavy atom. The summed E-state index contributed by atoms with van der Waals surface area (Å²) in [5, 5.41) is 5.58. The summed E-state index contributed by atoms with van der Waals surface area (Å²) in [5.41, 5.74) is -0.783. The summed E-state index contributed by atoms with van der Waals surface area (Å²) in [7, 11) is 0. The van der Waals surface area contributed by atoms with Crippen molar-refractivity contribution in [2.75, 3.05) is 5.75 Å². The lowest BCUT2D eigenvalue weighted by Gasteiger charge is -2.43. The van der Waals surface area contributed by atoms with Crippen molar-refractivity contribution in [2.45, 2.75) is 91.1 Å². The Labute approximate surface area is 209 Å². The second-order valence-corrected chi connectivity index (χ2v) is 11.5. The summed E-state index contributed by atoms with van der Waals surface area (Å²) in [6, 6.07) is 4.96. The predicted molar refractivity (Wildman–Crippen MR) is 139 cm³/mol. The molecule has 188 valence electrons. The van der Waals surface area contributed by atoms with Crippen LogP contribution in [0.1, 0.15) is 79.5 Å². The van der Waals surface area contributed by atoms with Crippen molar-refractivity contribution < 1.29 is 19.1 Å². The third-order valence-electron chi connectivity index (χ3n) is 4.53. The van der Waals surface area contributed by atoms with E-state index in [9.17, 15) is 14.4 Å². The van der Waals surface area contributed by atoms with Crippen LogP contribution in [0.3, 0.4) is 0 Å². The van der Waals surface area contributed by atoms with Gasteiger partial charge in [-0.15, -0.1) is 6.42 Å². The van der Waals surface area contributed by atoms with Gasteiger partial charge in [0.25, 0.3) is 0 Å². The van der Waals surface area contributed by atoms with Gasteiger partial charge in [0.15, 0.2) is 0 Å². The minimum Gasteiger partial charge on any atom is -0.444 e. The first-order valence-electron chi connectivity index (χ1n) is 11.2. The normalized spacial score (nSPS) is 13.8. The SMILES string of the molecule is C#Cc1ccc(C(C(=O)NC(C)(C)C)N(C(=O)C(CS)NC(=O)OC(C)(C)C)C(C)(C)C)cc1. The first-order chi connectivity index (χ1) is 15.4. The van der Waals surface area contributed by atoms with Gasteiger partial charge in [-0.1, -0.05) is 18.1 Å². The molecule has 1 aromatic rings. The molecule has 0 aliphatic carbocycles. The standard InChI is InChI=1S/C26H39N3O4S/c1-11-17-12-14-18(15-13-17)20(21(30)28-24(2,3)4)29(25(5,6)7)22(31)19(16-34)27-23(32)33-26(8,9)10/h1,12-15,19-20,34H,16H2,2-10H3,(H,27,32)(H,28,30). The molecule has 0 radical (unpaired) electrons. The maximum Gasteiger partial charge on any atom is 0.408 e. The van der Waals surface area contributed by atoms with Gasteiger partial charge in [0.1, 0.15) is 17.7 Å². The molecule has 2 N–H and O–H groups in total. The third-order valence-corrected chi connectivity index (χ3v) is 4.89. The summed E-state index contributed by atoms with van der Waals surface area (Å²) >= 11 is 4.29. The van der Waals surface area contributed by atoms with Gasteiger partial charge in [0.2, 0.25) is 11.8 Å². The average molecular weight is 490 g/mol. The Bertz CT molecular complexity index is 916. The highest BCUT2D eigenvalue weighted by atomic mass is 32.1. The third kappa shape index (κ3) is 8.94. The molecule has 0 spiro atoms. The Hall–Kier alpha value is -2.66. The van der Waals surface area contributed by atoms with E-state index in [0.29, 0.717) is 11.1 Å². The number of ether oxygens (including phenoxy) is 1. The Kier molecular flexibility index (Phi) is 9.66. The molecule has 3 amide bonds. The number of hydrogen-bond donors (Lipinski definition) is 3. The van der Waals surface area contributed by atoms with E-state index in [1.54, 1.807) is 45.0 Å². The van der Waals surface area contributed by atoms with Crippen molar-refractivity contribution in [2.24, 2.45) is 0 Å². The maximum absolute atomic E-state index is 13.8. The van der Waals surface area contributed by atoms with Gasteiger partial charge in [-0.2, -0.15) is 12.6 Å². The zero-order valence-corrected chi connectivity index (χ0v) is 22.7. The molecule has 0 saturated carbocycles. The number of carbonyl (C=O) groups is 3. The number of nitrogens with one attached hydrogen (secondary N) is 2. The molecule has 0 aliphatic rings. The maximum atomic E-state index is 13.8. The van der Waals surface area contributed by atoms with Gasteiger partial charge in [-0.3, -0.25) is 9.59 Å². The second-order valence-electron chi connectivity index (χ2n) is 11.2. The van der Waals surface area contributed by atoms with Crippen LogP contribution in [0.5, 0.6) is 0 Å².